The molecule has 120 valence electrons. The largest absolute Gasteiger partial charge is 0.497 e. The molecular formula is C19H21NO3. The van der Waals surface area contributed by atoms with Crippen molar-refractivity contribution in [2.45, 2.75) is 18.4 Å². The Bertz CT molecular complexity index is 654. The number of nitrogens with one attached hydrogen (secondary N) is 1. The van der Waals surface area contributed by atoms with Crippen molar-refractivity contribution in [3.05, 3.63) is 65.7 Å². The predicted molar refractivity (Wildman–Crippen MR) is 88.3 cm³/mol. The van der Waals surface area contributed by atoms with E-state index in [4.69, 9.17) is 4.74 Å². The maximum atomic E-state index is 12.4. The minimum atomic E-state index is -0.384. The van der Waals surface area contributed by atoms with E-state index in [1.807, 2.05) is 42.5 Å². The molecule has 1 aliphatic rings. The van der Waals surface area contributed by atoms with Crippen LogP contribution < -0.4 is 10.1 Å². The number of rotatable bonds is 6. The van der Waals surface area contributed by atoms with Crippen molar-refractivity contribution in [3.8, 4) is 5.75 Å². The molecule has 0 aromatic heterocycles. The number of ether oxygens (including phenoxy) is 1. The number of hydrogen-bond acceptors (Lipinski definition) is 3. The predicted octanol–water partition coefficient (Wildman–Crippen LogP) is 2.65. The van der Waals surface area contributed by atoms with Gasteiger partial charge in [-0.2, -0.15) is 0 Å². The lowest BCUT2D eigenvalue weighted by Gasteiger charge is -2.17. The van der Waals surface area contributed by atoms with E-state index in [-0.39, 0.29) is 24.5 Å². The van der Waals surface area contributed by atoms with Crippen molar-refractivity contribution in [1.29, 1.82) is 0 Å². The van der Waals surface area contributed by atoms with Gasteiger partial charge in [0.2, 0.25) is 5.91 Å². The van der Waals surface area contributed by atoms with E-state index in [1.165, 1.54) is 5.56 Å². The molecule has 2 aromatic carbocycles. The van der Waals surface area contributed by atoms with Crippen molar-refractivity contribution < 1.29 is 14.6 Å². The maximum absolute atomic E-state index is 12.4. The second-order valence-corrected chi connectivity index (χ2v) is 5.88. The summed E-state index contributed by atoms with van der Waals surface area (Å²) in [6, 6.07) is 17.1. The molecule has 1 amide bonds. The average Bonchev–Trinajstić information content (AvgIpc) is 3.41. The molecule has 4 heteroatoms. The van der Waals surface area contributed by atoms with Crippen molar-refractivity contribution >= 4 is 5.91 Å². The molecule has 1 aliphatic carbocycles. The Labute approximate surface area is 136 Å². The summed E-state index contributed by atoms with van der Waals surface area (Å²) in [4.78, 5) is 12.4. The summed E-state index contributed by atoms with van der Waals surface area (Å²) in [5.74, 6) is 1.06. The molecule has 0 saturated heterocycles. The van der Waals surface area contributed by atoms with Gasteiger partial charge in [-0.3, -0.25) is 4.79 Å². The van der Waals surface area contributed by atoms with Gasteiger partial charge >= 0.3 is 0 Å². The molecule has 3 rings (SSSR count). The molecule has 0 unspecified atom stereocenters. The second-order valence-electron chi connectivity index (χ2n) is 5.88. The summed E-state index contributed by atoms with van der Waals surface area (Å²) in [7, 11) is 1.61. The first kappa shape index (κ1) is 15.6. The molecule has 2 N–H and O–H groups in total. The van der Waals surface area contributed by atoms with Gasteiger partial charge < -0.3 is 15.2 Å². The van der Waals surface area contributed by atoms with Crippen LogP contribution in [0.3, 0.4) is 0 Å². The van der Waals surface area contributed by atoms with E-state index < -0.39 is 0 Å². The number of benzene rings is 2. The number of aliphatic hydroxyl groups excluding tert-OH is 1. The summed E-state index contributed by atoms with van der Waals surface area (Å²) in [6.45, 7) is -0.124. The van der Waals surface area contributed by atoms with Crippen LogP contribution in [-0.4, -0.2) is 24.7 Å². The Morgan fingerprint density at radius 2 is 1.91 bits per heavy atom. The molecule has 0 spiro atoms. The van der Waals surface area contributed by atoms with Crippen molar-refractivity contribution in [2.24, 2.45) is 5.92 Å². The fourth-order valence-corrected chi connectivity index (χ4v) is 2.90. The molecule has 4 nitrogen and oxygen atoms in total. The van der Waals surface area contributed by atoms with Crippen LogP contribution in [0.2, 0.25) is 0 Å². The number of hydrogen-bond donors (Lipinski definition) is 2. The summed E-state index contributed by atoms with van der Waals surface area (Å²) in [6.07, 6.45) is 0.872. The second kappa shape index (κ2) is 6.84. The van der Waals surface area contributed by atoms with Crippen LogP contribution in [0.1, 0.15) is 29.5 Å². The number of aliphatic hydroxyl groups is 1. The molecule has 1 fully saturated rings. The van der Waals surface area contributed by atoms with Crippen LogP contribution >= 0.6 is 0 Å². The molecule has 0 bridgehead atoms. The highest BCUT2D eigenvalue weighted by Crippen LogP contribution is 2.47. The number of methoxy groups -OCH3 is 1. The van der Waals surface area contributed by atoms with Crippen LogP contribution in [0.25, 0.3) is 0 Å². The van der Waals surface area contributed by atoms with E-state index >= 15 is 0 Å². The Hall–Kier alpha value is -2.33. The maximum Gasteiger partial charge on any atom is 0.224 e. The van der Waals surface area contributed by atoms with Gasteiger partial charge in [-0.1, -0.05) is 42.5 Å². The van der Waals surface area contributed by atoms with Crippen LogP contribution in [-0.2, 0) is 4.79 Å². The Morgan fingerprint density at radius 3 is 2.52 bits per heavy atom. The summed E-state index contributed by atoms with van der Waals surface area (Å²) in [5, 5.41) is 12.5. The SMILES string of the molecule is COc1ccc([C@H](CO)NC(=O)[C@H]2C[C@@H]2c2ccccc2)cc1. The minimum Gasteiger partial charge on any atom is -0.497 e. The topological polar surface area (TPSA) is 58.6 Å². The molecule has 0 radical (unpaired) electrons. The Morgan fingerprint density at radius 1 is 1.22 bits per heavy atom. The van der Waals surface area contributed by atoms with Crippen molar-refractivity contribution in [2.75, 3.05) is 13.7 Å². The van der Waals surface area contributed by atoms with Crippen LogP contribution in [0.4, 0.5) is 0 Å². The highest BCUT2D eigenvalue weighted by Gasteiger charge is 2.44. The highest BCUT2D eigenvalue weighted by molar-refractivity contribution is 5.83. The van der Waals surface area contributed by atoms with Gasteiger partial charge in [0, 0.05) is 5.92 Å². The smallest absolute Gasteiger partial charge is 0.224 e. The zero-order valence-corrected chi connectivity index (χ0v) is 13.1. The van der Waals surface area contributed by atoms with Gasteiger partial charge in [-0.05, 0) is 35.6 Å². The van der Waals surface area contributed by atoms with Crippen LogP contribution in [0.15, 0.2) is 54.6 Å². The van der Waals surface area contributed by atoms with Gasteiger partial charge in [0.1, 0.15) is 5.75 Å². The molecule has 0 aliphatic heterocycles. The van der Waals surface area contributed by atoms with Crippen LogP contribution in [0.5, 0.6) is 5.75 Å². The Kier molecular flexibility index (Phi) is 4.63. The normalized spacial score (nSPS) is 20.6. The lowest BCUT2D eigenvalue weighted by molar-refractivity contribution is -0.123. The van der Waals surface area contributed by atoms with E-state index in [1.54, 1.807) is 7.11 Å². The van der Waals surface area contributed by atoms with Gasteiger partial charge in [-0.25, -0.2) is 0 Å². The molecule has 2 aromatic rings. The van der Waals surface area contributed by atoms with E-state index in [9.17, 15) is 9.90 Å². The Balaban J connectivity index is 1.62. The summed E-state index contributed by atoms with van der Waals surface area (Å²) < 4.78 is 5.13. The van der Waals surface area contributed by atoms with Gasteiger partial charge in [0.25, 0.3) is 0 Å². The van der Waals surface area contributed by atoms with E-state index in [2.05, 4.69) is 17.4 Å². The molecule has 1 saturated carbocycles. The van der Waals surface area contributed by atoms with Gasteiger partial charge in [0.15, 0.2) is 0 Å². The van der Waals surface area contributed by atoms with Gasteiger partial charge in [0.05, 0.1) is 19.8 Å². The quantitative estimate of drug-likeness (QED) is 0.862. The number of carbonyl (C=O) groups excluding carboxylic acids is 1. The molecule has 3 atom stereocenters. The first-order valence-electron chi connectivity index (χ1n) is 7.83. The zero-order chi connectivity index (χ0) is 16.2. The third-order valence-corrected chi connectivity index (χ3v) is 4.37. The monoisotopic (exact) mass is 311 g/mol. The average molecular weight is 311 g/mol. The summed E-state index contributed by atoms with van der Waals surface area (Å²) in [5.41, 5.74) is 2.08. The minimum absolute atomic E-state index is 0.00435. The lowest BCUT2D eigenvalue weighted by atomic mass is 10.1. The standard InChI is InChI=1S/C19H21NO3/c1-23-15-9-7-14(8-10-15)18(12-21)20-19(22)17-11-16(17)13-5-3-2-4-6-13/h2-10,16-18,21H,11-12H2,1H3,(H,20,22)/t16-,17+,18+/m1/s1. The fraction of sp³-hybridized carbons (Fsp3) is 0.316. The first-order chi connectivity index (χ1) is 11.2. The third kappa shape index (κ3) is 3.54. The van der Waals surface area contributed by atoms with Crippen LogP contribution in [0, 0.1) is 5.92 Å². The number of carbonyl (C=O) groups is 1. The lowest BCUT2D eigenvalue weighted by Crippen LogP contribution is -2.32. The third-order valence-electron chi connectivity index (χ3n) is 4.37. The first-order valence-corrected chi connectivity index (χ1v) is 7.83. The molecule has 0 heterocycles. The van der Waals surface area contributed by atoms with E-state index in [0.717, 1.165) is 17.7 Å². The number of amides is 1. The molecular weight excluding hydrogens is 290 g/mol. The summed E-state index contributed by atoms with van der Waals surface area (Å²) >= 11 is 0. The van der Waals surface area contributed by atoms with Gasteiger partial charge in [-0.15, -0.1) is 0 Å². The van der Waals surface area contributed by atoms with Crippen molar-refractivity contribution in [3.63, 3.8) is 0 Å². The highest BCUT2D eigenvalue weighted by atomic mass is 16.5. The van der Waals surface area contributed by atoms with Crippen molar-refractivity contribution in [1.82, 2.24) is 5.32 Å². The van der Waals surface area contributed by atoms with E-state index in [0.29, 0.717) is 5.92 Å². The fourth-order valence-electron chi connectivity index (χ4n) is 2.90. The zero-order valence-electron chi connectivity index (χ0n) is 13.1. The molecule has 23 heavy (non-hydrogen) atoms.